The second kappa shape index (κ2) is 7.70. The van der Waals surface area contributed by atoms with Gasteiger partial charge in [0.2, 0.25) is 5.89 Å². The van der Waals surface area contributed by atoms with Crippen LogP contribution in [0, 0.1) is 0 Å². The first-order valence-electron chi connectivity index (χ1n) is 8.68. The van der Waals surface area contributed by atoms with E-state index in [-0.39, 0.29) is 5.91 Å². The summed E-state index contributed by atoms with van der Waals surface area (Å²) in [4.78, 5) is 18.6. The molecule has 1 aliphatic carbocycles. The number of rotatable bonds is 8. The number of para-hydroxylation sites is 1. The van der Waals surface area contributed by atoms with Gasteiger partial charge in [-0.3, -0.25) is 9.69 Å². The highest BCUT2D eigenvalue weighted by Gasteiger charge is 2.25. The summed E-state index contributed by atoms with van der Waals surface area (Å²) < 4.78 is 11.0. The van der Waals surface area contributed by atoms with Gasteiger partial charge in [-0.25, -0.2) is 4.98 Å². The predicted octanol–water partition coefficient (Wildman–Crippen LogP) is 2.99. The molecular formula is C19H25N3O3. The van der Waals surface area contributed by atoms with E-state index in [1.807, 2.05) is 18.2 Å². The lowest BCUT2D eigenvalue weighted by Crippen LogP contribution is -2.30. The van der Waals surface area contributed by atoms with Crippen molar-refractivity contribution in [2.24, 2.45) is 0 Å². The molecule has 1 amide bonds. The molecule has 1 N–H and O–H groups in total. The molecule has 0 aliphatic heterocycles. The molecule has 0 spiro atoms. The van der Waals surface area contributed by atoms with Crippen molar-refractivity contribution in [1.29, 1.82) is 0 Å². The van der Waals surface area contributed by atoms with Crippen molar-refractivity contribution in [3.63, 3.8) is 0 Å². The Hall–Kier alpha value is -2.34. The van der Waals surface area contributed by atoms with Crippen LogP contribution in [-0.2, 0) is 13.1 Å². The van der Waals surface area contributed by atoms with Gasteiger partial charge in [-0.1, -0.05) is 18.2 Å². The molecule has 1 fully saturated rings. The van der Waals surface area contributed by atoms with Crippen molar-refractivity contribution in [3.05, 3.63) is 47.7 Å². The number of ether oxygens (including phenoxy) is 1. The number of hydrogen-bond acceptors (Lipinski definition) is 5. The highest BCUT2D eigenvalue weighted by atomic mass is 16.5. The predicted molar refractivity (Wildman–Crippen MR) is 94.4 cm³/mol. The monoisotopic (exact) mass is 343 g/mol. The van der Waals surface area contributed by atoms with Gasteiger partial charge in [-0.2, -0.15) is 0 Å². The number of nitrogens with one attached hydrogen (secondary N) is 1. The van der Waals surface area contributed by atoms with E-state index in [0.29, 0.717) is 36.8 Å². The van der Waals surface area contributed by atoms with Crippen LogP contribution in [0.25, 0.3) is 0 Å². The summed E-state index contributed by atoms with van der Waals surface area (Å²) in [5.41, 5.74) is 1.46. The first-order valence-corrected chi connectivity index (χ1v) is 8.68. The van der Waals surface area contributed by atoms with Gasteiger partial charge in [-0.05, 0) is 32.8 Å². The molecule has 2 aromatic rings. The zero-order chi connectivity index (χ0) is 17.8. The molecule has 134 valence electrons. The van der Waals surface area contributed by atoms with Gasteiger partial charge in [0.1, 0.15) is 12.0 Å². The Morgan fingerprint density at radius 1 is 1.36 bits per heavy atom. The highest BCUT2D eigenvalue weighted by Crippen LogP contribution is 2.22. The summed E-state index contributed by atoms with van der Waals surface area (Å²) in [6.07, 6.45) is 3.54. The van der Waals surface area contributed by atoms with Crippen LogP contribution in [0.5, 0.6) is 5.75 Å². The van der Waals surface area contributed by atoms with Gasteiger partial charge < -0.3 is 14.5 Å². The van der Waals surface area contributed by atoms with Gasteiger partial charge in [0.15, 0.2) is 5.69 Å². The minimum atomic E-state index is -0.154. The standard InChI is InChI=1S/C19H25N3O3/c1-13(2)22(10-14-6-4-5-7-17(14)24-3)11-18-21-16(12-25-18)19(23)20-15-8-9-15/h4-7,12-13,15H,8-11H2,1-3H3,(H,20,23). The number of amides is 1. The van der Waals surface area contributed by atoms with E-state index in [4.69, 9.17) is 9.15 Å². The minimum Gasteiger partial charge on any atom is -0.496 e. The summed E-state index contributed by atoms with van der Waals surface area (Å²) >= 11 is 0. The van der Waals surface area contributed by atoms with Gasteiger partial charge in [0.25, 0.3) is 5.91 Å². The molecule has 25 heavy (non-hydrogen) atoms. The smallest absolute Gasteiger partial charge is 0.273 e. The summed E-state index contributed by atoms with van der Waals surface area (Å²) in [6, 6.07) is 8.58. The molecule has 1 aliphatic rings. The summed E-state index contributed by atoms with van der Waals surface area (Å²) in [5.74, 6) is 1.26. The Labute approximate surface area is 148 Å². The fourth-order valence-electron chi connectivity index (χ4n) is 2.62. The first-order chi connectivity index (χ1) is 12.1. The normalized spacial score (nSPS) is 14.1. The SMILES string of the molecule is COc1ccccc1CN(Cc1nc(C(=O)NC2CC2)co1)C(C)C. The number of aromatic nitrogens is 1. The quantitative estimate of drug-likeness (QED) is 0.798. The maximum atomic E-state index is 12.0. The molecule has 0 saturated heterocycles. The van der Waals surface area contributed by atoms with E-state index >= 15 is 0 Å². The largest absolute Gasteiger partial charge is 0.496 e. The second-order valence-electron chi connectivity index (χ2n) is 6.68. The molecular weight excluding hydrogens is 318 g/mol. The average Bonchev–Trinajstić information content (AvgIpc) is 3.29. The summed E-state index contributed by atoms with van der Waals surface area (Å²) in [6.45, 7) is 5.50. The fourth-order valence-corrected chi connectivity index (χ4v) is 2.62. The lowest BCUT2D eigenvalue weighted by atomic mass is 10.1. The van der Waals surface area contributed by atoms with Crippen molar-refractivity contribution in [3.8, 4) is 5.75 Å². The first kappa shape index (κ1) is 17.5. The number of methoxy groups -OCH3 is 1. The van der Waals surface area contributed by atoms with E-state index in [1.165, 1.54) is 6.26 Å². The molecule has 1 heterocycles. The Kier molecular flexibility index (Phi) is 5.38. The van der Waals surface area contributed by atoms with Crippen LogP contribution in [0.4, 0.5) is 0 Å². The molecule has 3 rings (SSSR count). The van der Waals surface area contributed by atoms with E-state index in [1.54, 1.807) is 7.11 Å². The lowest BCUT2D eigenvalue weighted by Gasteiger charge is -2.25. The highest BCUT2D eigenvalue weighted by molar-refractivity contribution is 5.92. The molecule has 0 unspecified atom stereocenters. The van der Waals surface area contributed by atoms with Crippen LogP contribution in [0.15, 0.2) is 34.9 Å². The molecule has 1 aromatic heterocycles. The van der Waals surface area contributed by atoms with E-state index in [9.17, 15) is 4.79 Å². The van der Waals surface area contributed by atoms with Crippen molar-refractivity contribution >= 4 is 5.91 Å². The fraction of sp³-hybridized carbons (Fsp3) is 0.474. The van der Waals surface area contributed by atoms with Crippen molar-refractivity contribution in [2.75, 3.05) is 7.11 Å². The second-order valence-corrected chi connectivity index (χ2v) is 6.68. The third-order valence-corrected chi connectivity index (χ3v) is 4.33. The van der Waals surface area contributed by atoms with Crippen molar-refractivity contribution in [2.45, 2.75) is 51.9 Å². The number of carbonyl (C=O) groups is 1. The van der Waals surface area contributed by atoms with Gasteiger partial charge in [0, 0.05) is 24.2 Å². The minimum absolute atomic E-state index is 0.154. The van der Waals surface area contributed by atoms with Crippen LogP contribution >= 0.6 is 0 Å². The zero-order valence-corrected chi connectivity index (χ0v) is 15.0. The molecule has 0 bridgehead atoms. The maximum absolute atomic E-state index is 12.0. The van der Waals surface area contributed by atoms with Crippen LogP contribution in [0.1, 0.15) is 48.6 Å². The molecule has 6 heteroatoms. The molecule has 0 radical (unpaired) electrons. The molecule has 1 aromatic carbocycles. The van der Waals surface area contributed by atoms with Gasteiger partial charge >= 0.3 is 0 Å². The van der Waals surface area contributed by atoms with E-state index in [2.05, 4.69) is 35.1 Å². The Balaban J connectivity index is 1.67. The lowest BCUT2D eigenvalue weighted by molar-refractivity contribution is 0.0946. The topological polar surface area (TPSA) is 67.6 Å². The number of benzene rings is 1. The summed E-state index contributed by atoms with van der Waals surface area (Å²) in [7, 11) is 1.68. The van der Waals surface area contributed by atoms with Crippen LogP contribution in [-0.4, -0.2) is 35.0 Å². The molecule has 0 atom stereocenters. The number of carbonyl (C=O) groups excluding carboxylic acids is 1. The van der Waals surface area contributed by atoms with Gasteiger partial charge in [0.05, 0.1) is 13.7 Å². The maximum Gasteiger partial charge on any atom is 0.273 e. The Morgan fingerprint density at radius 3 is 2.80 bits per heavy atom. The average molecular weight is 343 g/mol. The van der Waals surface area contributed by atoms with E-state index in [0.717, 1.165) is 24.2 Å². The van der Waals surface area contributed by atoms with Crippen molar-refractivity contribution in [1.82, 2.24) is 15.2 Å². The summed E-state index contributed by atoms with van der Waals surface area (Å²) in [5, 5.41) is 2.92. The molecule has 6 nitrogen and oxygen atoms in total. The Bertz CT molecular complexity index is 722. The van der Waals surface area contributed by atoms with Gasteiger partial charge in [-0.15, -0.1) is 0 Å². The van der Waals surface area contributed by atoms with Crippen LogP contribution < -0.4 is 10.1 Å². The number of nitrogens with zero attached hydrogens (tertiary/aromatic N) is 2. The number of hydrogen-bond donors (Lipinski definition) is 1. The zero-order valence-electron chi connectivity index (χ0n) is 15.0. The van der Waals surface area contributed by atoms with Crippen molar-refractivity contribution < 1.29 is 13.9 Å². The molecule has 1 saturated carbocycles. The van der Waals surface area contributed by atoms with E-state index < -0.39 is 0 Å². The third-order valence-electron chi connectivity index (χ3n) is 4.33. The third kappa shape index (κ3) is 4.60. The van der Waals surface area contributed by atoms with Crippen LogP contribution in [0.3, 0.4) is 0 Å². The Morgan fingerprint density at radius 2 is 2.12 bits per heavy atom. The number of oxazole rings is 1. The van der Waals surface area contributed by atoms with Crippen LogP contribution in [0.2, 0.25) is 0 Å².